The van der Waals surface area contributed by atoms with Gasteiger partial charge in [0.1, 0.15) is 11.8 Å². The van der Waals surface area contributed by atoms with Crippen molar-refractivity contribution < 1.29 is 19.4 Å². The number of nitro groups is 2. The van der Waals surface area contributed by atoms with Gasteiger partial charge in [-0.05, 0) is 31.6 Å². The van der Waals surface area contributed by atoms with Crippen LogP contribution in [0.5, 0.6) is 0 Å². The second kappa shape index (κ2) is 5.12. The lowest BCUT2D eigenvalue weighted by Crippen LogP contribution is -2.66. The molecule has 0 amide bonds. The molecule has 1 heterocycles. The quantitative estimate of drug-likeness (QED) is 0.339. The molecule has 0 saturated carbocycles. The first-order valence-corrected chi connectivity index (χ1v) is 8.45. The van der Waals surface area contributed by atoms with E-state index in [0.29, 0.717) is 0 Å². The lowest BCUT2D eigenvalue weighted by molar-refractivity contribution is -0.811. The summed E-state index contributed by atoms with van der Waals surface area (Å²) in [7, 11) is 0. The van der Waals surface area contributed by atoms with Gasteiger partial charge in [0.25, 0.3) is 5.69 Å². The van der Waals surface area contributed by atoms with Gasteiger partial charge >= 0.3 is 5.54 Å². The van der Waals surface area contributed by atoms with Crippen LogP contribution in [0.3, 0.4) is 0 Å². The van der Waals surface area contributed by atoms with E-state index >= 15 is 0 Å². The maximum absolute atomic E-state index is 12.4. The number of hydrogen-bond acceptors (Lipinski definition) is 7. The van der Waals surface area contributed by atoms with E-state index in [9.17, 15) is 25.4 Å². The van der Waals surface area contributed by atoms with Crippen molar-refractivity contribution in [2.45, 2.75) is 56.5 Å². The summed E-state index contributed by atoms with van der Waals surface area (Å²) in [6, 6.07) is 0. The minimum Gasteiger partial charge on any atom is -0.359 e. The van der Waals surface area contributed by atoms with Gasteiger partial charge in [-0.2, -0.15) is 0 Å². The van der Waals surface area contributed by atoms with Crippen LogP contribution in [-0.4, -0.2) is 20.5 Å². The summed E-state index contributed by atoms with van der Waals surface area (Å²) in [5.41, 5.74) is -1.78. The number of rotatable bonds is 2. The SMILES string of the molecule is CC1=CC[C@@]2([N+](=O)[O-])c3no[n+]([O-])c3[C@@H]3CC(C)=CC[C@]3([N+](=O)[O-])[C@H]2C1. The van der Waals surface area contributed by atoms with Gasteiger partial charge in [0, 0.05) is 27.8 Å². The monoisotopic (exact) mass is 362 g/mol. The highest BCUT2D eigenvalue weighted by Crippen LogP contribution is 2.61. The molecule has 10 heteroatoms. The molecule has 0 saturated heterocycles. The number of fused-ring (bicyclic) bond motifs is 6. The van der Waals surface area contributed by atoms with Gasteiger partial charge < -0.3 is 5.21 Å². The van der Waals surface area contributed by atoms with Crippen molar-refractivity contribution in [1.29, 1.82) is 0 Å². The molecule has 138 valence electrons. The highest BCUT2D eigenvalue weighted by Gasteiger charge is 2.78. The van der Waals surface area contributed by atoms with Crippen molar-refractivity contribution in [3.63, 3.8) is 0 Å². The van der Waals surface area contributed by atoms with Crippen molar-refractivity contribution in [3.05, 3.63) is 60.1 Å². The van der Waals surface area contributed by atoms with Gasteiger partial charge in [0.05, 0.1) is 0 Å². The Kier molecular flexibility index (Phi) is 3.28. The Labute approximate surface area is 148 Å². The first kappa shape index (κ1) is 16.7. The Morgan fingerprint density at radius 3 is 2.46 bits per heavy atom. The summed E-state index contributed by atoms with van der Waals surface area (Å²) in [5.74, 6) is -1.71. The molecule has 1 aromatic rings. The molecule has 4 rings (SSSR count). The Morgan fingerprint density at radius 2 is 1.81 bits per heavy atom. The fourth-order valence-corrected chi connectivity index (χ4v) is 5.14. The summed E-state index contributed by atoms with van der Waals surface area (Å²) in [6.07, 6.45) is 3.99. The highest BCUT2D eigenvalue weighted by atomic mass is 16.8. The van der Waals surface area contributed by atoms with Crippen molar-refractivity contribution in [1.82, 2.24) is 5.16 Å². The second-order valence-corrected chi connectivity index (χ2v) is 7.62. The average molecular weight is 362 g/mol. The normalized spacial score (nSPS) is 35.5. The Morgan fingerprint density at radius 1 is 1.15 bits per heavy atom. The third-order valence-electron chi connectivity index (χ3n) is 6.43. The highest BCUT2D eigenvalue weighted by molar-refractivity contribution is 5.37. The van der Waals surface area contributed by atoms with E-state index in [2.05, 4.69) is 5.16 Å². The first-order chi connectivity index (χ1) is 12.2. The molecule has 0 aromatic carbocycles. The summed E-state index contributed by atoms with van der Waals surface area (Å²) < 4.78 is 4.72. The van der Waals surface area contributed by atoms with Gasteiger partial charge in [-0.15, -0.1) is 0 Å². The fourth-order valence-electron chi connectivity index (χ4n) is 5.14. The molecular formula is C16H18N4O6. The summed E-state index contributed by atoms with van der Waals surface area (Å²) in [5, 5.41) is 40.6. The maximum Gasteiger partial charge on any atom is 0.306 e. The van der Waals surface area contributed by atoms with E-state index in [1.54, 1.807) is 12.2 Å². The third-order valence-corrected chi connectivity index (χ3v) is 6.43. The minimum atomic E-state index is -1.82. The van der Waals surface area contributed by atoms with Gasteiger partial charge in [-0.3, -0.25) is 24.9 Å². The predicted molar refractivity (Wildman–Crippen MR) is 86.1 cm³/mol. The number of aromatic nitrogens is 2. The van der Waals surface area contributed by atoms with Gasteiger partial charge in [0.2, 0.25) is 11.2 Å². The van der Waals surface area contributed by atoms with E-state index < -0.39 is 32.8 Å². The zero-order valence-corrected chi connectivity index (χ0v) is 14.4. The molecule has 0 N–H and O–H groups in total. The molecule has 26 heavy (non-hydrogen) atoms. The van der Waals surface area contributed by atoms with Crippen LogP contribution in [-0.2, 0) is 5.54 Å². The lowest BCUT2D eigenvalue weighted by Gasteiger charge is -2.47. The minimum absolute atomic E-state index is 0.0406. The molecule has 3 aliphatic rings. The van der Waals surface area contributed by atoms with E-state index in [4.69, 9.17) is 4.63 Å². The van der Waals surface area contributed by atoms with Crippen LogP contribution in [0.15, 0.2) is 27.9 Å². The van der Waals surface area contributed by atoms with E-state index in [0.717, 1.165) is 11.1 Å². The lowest BCUT2D eigenvalue weighted by atomic mass is 9.51. The molecular weight excluding hydrogens is 344 g/mol. The molecule has 0 fully saturated rings. The molecule has 0 aliphatic heterocycles. The van der Waals surface area contributed by atoms with Crippen molar-refractivity contribution in [2.24, 2.45) is 5.92 Å². The average Bonchev–Trinajstić information content (AvgIpc) is 2.96. The molecule has 1 aromatic heterocycles. The Hall–Kier alpha value is -2.78. The molecule has 0 radical (unpaired) electrons. The van der Waals surface area contributed by atoms with E-state index in [1.807, 2.05) is 13.8 Å². The van der Waals surface area contributed by atoms with Gasteiger partial charge in [-0.25, -0.2) is 0 Å². The summed E-state index contributed by atoms with van der Waals surface area (Å²) in [4.78, 5) is 23.8. The van der Waals surface area contributed by atoms with Crippen molar-refractivity contribution >= 4 is 0 Å². The third kappa shape index (κ3) is 1.76. The van der Waals surface area contributed by atoms with Crippen LogP contribution >= 0.6 is 0 Å². The van der Waals surface area contributed by atoms with Crippen LogP contribution in [0.2, 0.25) is 0 Å². The molecule has 3 aliphatic carbocycles. The van der Waals surface area contributed by atoms with E-state index in [1.165, 1.54) is 0 Å². The number of nitrogens with zero attached hydrogens (tertiary/aromatic N) is 4. The molecule has 4 atom stereocenters. The summed E-state index contributed by atoms with van der Waals surface area (Å²) >= 11 is 0. The maximum atomic E-state index is 12.4. The van der Waals surface area contributed by atoms with E-state index in [-0.39, 0.29) is 42.0 Å². The van der Waals surface area contributed by atoms with Crippen LogP contribution in [0.4, 0.5) is 0 Å². The standard InChI is InChI=1S/C16H18N4O6/c1-9-3-5-15(19(22)23)11(7-9)13-14(17-26-18(13)21)16(20(24)25)6-4-10(2)8-12(15)16/h3-4,11-12H,5-8H2,1-2H3/t11-,12+,15+,16-/m0/s1. The Bertz CT molecular complexity index is 889. The van der Waals surface area contributed by atoms with Crippen LogP contribution in [0.1, 0.15) is 56.8 Å². The predicted octanol–water partition coefficient (Wildman–Crippen LogP) is 1.99. The largest absolute Gasteiger partial charge is 0.359 e. The molecule has 0 unspecified atom stereocenters. The molecule has 10 nitrogen and oxygen atoms in total. The second-order valence-electron chi connectivity index (χ2n) is 7.62. The van der Waals surface area contributed by atoms with Crippen LogP contribution < -0.4 is 4.90 Å². The zero-order valence-electron chi connectivity index (χ0n) is 14.4. The number of hydrogen-bond donors (Lipinski definition) is 0. The Balaban J connectivity index is 2.10. The van der Waals surface area contributed by atoms with Gasteiger partial charge in [-0.1, -0.05) is 23.3 Å². The first-order valence-electron chi connectivity index (χ1n) is 8.45. The zero-order chi connectivity index (χ0) is 18.9. The van der Waals surface area contributed by atoms with Crippen LogP contribution in [0, 0.1) is 31.4 Å². The molecule has 0 bridgehead atoms. The molecule has 0 spiro atoms. The fraction of sp³-hybridized carbons (Fsp3) is 0.625. The topological polar surface area (TPSA) is 139 Å². The van der Waals surface area contributed by atoms with Gasteiger partial charge in [0.15, 0.2) is 0 Å². The number of allylic oxidation sites excluding steroid dienone is 2. The summed E-state index contributed by atoms with van der Waals surface area (Å²) in [6.45, 7) is 3.66. The van der Waals surface area contributed by atoms with Crippen LogP contribution in [0.25, 0.3) is 0 Å². The smallest absolute Gasteiger partial charge is 0.306 e. The van der Waals surface area contributed by atoms with Crippen molar-refractivity contribution in [3.8, 4) is 0 Å². The van der Waals surface area contributed by atoms with Crippen molar-refractivity contribution in [2.75, 3.05) is 0 Å².